The number of ether oxygens (including phenoxy) is 1. The number of rotatable bonds is 6. The van der Waals surface area contributed by atoms with E-state index in [9.17, 15) is 0 Å². The van der Waals surface area contributed by atoms with Crippen molar-refractivity contribution < 1.29 is 4.74 Å². The first-order valence-corrected chi connectivity index (χ1v) is 7.23. The Morgan fingerprint density at radius 2 is 2.19 bits per heavy atom. The summed E-state index contributed by atoms with van der Waals surface area (Å²) in [6.45, 7) is 7.75. The van der Waals surface area contributed by atoms with Crippen LogP contribution in [-0.4, -0.2) is 36.7 Å². The van der Waals surface area contributed by atoms with Gasteiger partial charge in [0.25, 0.3) is 0 Å². The number of nitrogens with zero attached hydrogens (tertiary/aromatic N) is 2. The number of benzene rings is 1. The van der Waals surface area contributed by atoms with Gasteiger partial charge in [-0.25, -0.2) is 0 Å². The molecule has 2 rings (SSSR count). The number of hydrogen-bond acceptors (Lipinski definition) is 2. The SMILES string of the molecule is C=C=CCN(C)CC(C)c1cc2cc(OC)ccc2n1C. The van der Waals surface area contributed by atoms with Gasteiger partial charge in [-0.3, -0.25) is 0 Å². The van der Waals surface area contributed by atoms with Crippen LogP contribution in [0.1, 0.15) is 18.5 Å². The molecule has 0 fully saturated rings. The minimum atomic E-state index is 0.455. The summed E-state index contributed by atoms with van der Waals surface area (Å²) in [4.78, 5) is 2.28. The van der Waals surface area contributed by atoms with Crippen LogP contribution in [0.4, 0.5) is 0 Å². The van der Waals surface area contributed by atoms with Crippen LogP contribution in [0.15, 0.2) is 42.7 Å². The van der Waals surface area contributed by atoms with E-state index >= 15 is 0 Å². The smallest absolute Gasteiger partial charge is 0.119 e. The van der Waals surface area contributed by atoms with Crippen molar-refractivity contribution in [3.63, 3.8) is 0 Å². The molecule has 0 aliphatic carbocycles. The van der Waals surface area contributed by atoms with E-state index in [-0.39, 0.29) is 0 Å². The fourth-order valence-corrected chi connectivity index (χ4v) is 2.80. The number of aryl methyl sites for hydroxylation is 1. The van der Waals surface area contributed by atoms with Crippen molar-refractivity contribution in [3.8, 4) is 5.75 Å². The summed E-state index contributed by atoms with van der Waals surface area (Å²) in [7, 11) is 5.95. The zero-order chi connectivity index (χ0) is 15.4. The number of aromatic nitrogens is 1. The number of hydrogen-bond donors (Lipinski definition) is 0. The van der Waals surface area contributed by atoms with Gasteiger partial charge in [0.1, 0.15) is 5.75 Å². The zero-order valence-corrected chi connectivity index (χ0v) is 13.4. The van der Waals surface area contributed by atoms with Crippen LogP contribution < -0.4 is 4.74 Å². The van der Waals surface area contributed by atoms with E-state index < -0.39 is 0 Å². The Balaban J connectivity index is 2.24. The minimum absolute atomic E-state index is 0.455. The Labute approximate surface area is 127 Å². The molecule has 21 heavy (non-hydrogen) atoms. The summed E-state index contributed by atoms with van der Waals surface area (Å²) in [5.74, 6) is 1.36. The van der Waals surface area contributed by atoms with Crippen molar-refractivity contribution in [3.05, 3.63) is 48.3 Å². The standard InChI is InChI=1S/C18H24N2O/c1-6-7-10-19(3)13-14(2)18-12-15-11-16(21-5)8-9-17(15)20(18)4/h7-9,11-12,14H,1,10,13H2,2-5H3. The van der Waals surface area contributed by atoms with Crippen molar-refractivity contribution in [2.75, 3.05) is 27.2 Å². The van der Waals surface area contributed by atoms with E-state index in [0.717, 1.165) is 18.8 Å². The summed E-state index contributed by atoms with van der Waals surface area (Å²) in [6, 6.07) is 8.49. The number of fused-ring (bicyclic) bond motifs is 1. The van der Waals surface area contributed by atoms with E-state index in [0.29, 0.717) is 5.92 Å². The molecule has 1 aromatic carbocycles. The Kier molecular flexibility index (Phi) is 4.89. The van der Waals surface area contributed by atoms with Crippen LogP contribution in [-0.2, 0) is 7.05 Å². The molecule has 3 heteroatoms. The van der Waals surface area contributed by atoms with Gasteiger partial charge in [-0.1, -0.05) is 13.5 Å². The molecule has 1 aromatic heterocycles. The first kappa shape index (κ1) is 15.4. The second kappa shape index (κ2) is 6.66. The van der Waals surface area contributed by atoms with Gasteiger partial charge in [0.05, 0.1) is 7.11 Å². The molecular weight excluding hydrogens is 260 g/mol. The fraction of sp³-hybridized carbons (Fsp3) is 0.389. The van der Waals surface area contributed by atoms with Crippen molar-refractivity contribution in [1.29, 1.82) is 0 Å². The number of methoxy groups -OCH3 is 1. The zero-order valence-electron chi connectivity index (χ0n) is 13.4. The Morgan fingerprint density at radius 3 is 2.86 bits per heavy atom. The molecule has 1 atom stereocenters. The van der Waals surface area contributed by atoms with Crippen LogP contribution in [0, 0.1) is 0 Å². The van der Waals surface area contributed by atoms with Crippen LogP contribution in [0.25, 0.3) is 10.9 Å². The molecule has 2 aromatic rings. The van der Waals surface area contributed by atoms with Gasteiger partial charge in [0.15, 0.2) is 0 Å². The molecule has 1 unspecified atom stereocenters. The molecule has 0 saturated heterocycles. The maximum absolute atomic E-state index is 5.31. The first-order valence-electron chi connectivity index (χ1n) is 7.23. The average molecular weight is 284 g/mol. The highest BCUT2D eigenvalue weighted by Crippen LogP contribution is 2.27. The highest BCUT2D eigenvalue weighted by molar-refractivity contribution is 5.83. The van der Waals surface area contributed by atoms with Gasteiger partial charge >= 0.3 is 0 Å². The third-order valence-corrected chi connectivity index (χ3v) is 3.92. The van der Waals surface area contributed by atoms with Gasteiger partial charge < -0.3 is 14.2 Å². The third-order valence-electron chi connectivity index (χ3n) is 3.92. The third kappa shape index (κ3) is 3.38. The molecule has 0 saturated carbocycles. The Bertz CT molecular complexity index is 665. The van der Waals surface area contributed by atoms with E-state index in [1.54, 1.807) is 7.11 Å². The van der Waals surface area contributed by atoms with Crippen LogP contribution >= 0.6 is 0 Å². The van der Waals surface area contributed by atoms with Gasteiger partial charge in [-0.05, 0) is 37.4 Å². The lowest BCUT2D eigenvalue weighted by Crippen LogP contribution is -2.24. The Morgan fingerprint density at radius 1 is 1.43 bits per heavy atom. The average Bonchev–Trinajstić information content (AvgIpc) is 2.81. The summed E-state index contributed by atoms with van der Waals surface area (Å²) in [5, 5.41) is 1.23. The molecule has 0 amide bonds. The summed E-state index contributed by atoms with van der Waals surface area (Å²) >= 11 is 0. The molecule has 112 valence electrons. The van der Waals surface area contributed by atoms with E-state index in [1.807, 2.05) is 12.1 Å². The number of likely N-dealkylation sites (N-methyl/N-ethyl adjacent to an activating group) is 1. The van der Waals surface area contributed by atoms with Crippen molar-refractivity contribution >= 4 is 10.9 Å². The maximum Gasteiger partial charge on any atom is 0.119 e. The van der Waals surface area contributed by atoms with E-state index in [1.165, 1.54) is 16.6 Å². The van der Waals surface area contributed by atoms with Crippen LogP contribution in [0.5, 0.6) is 5.75 Å². The predicted molar refractivity (Wildman–Crippen MR) is 89.1 cm³/mol. The topological polar surface area (TPSA) is 17.4 Å². The molecule has 0 radical (unpaired) electrons. The molecule has 1 heterocycles. The first-order chi connectivity index (χ1) is 10.1. The van der Waals surface area contributed by atoms with Gasteiger partial charge in [-0.2, -0.15) is 0 Å². The highest BCUT2D eigenvalue weighted by atomic mass is 16.5. The highest BCUT2D eigenvalue weighted by Gasteiger charge is 2.14. The molecule has 0 aliphatic heterocycles. The largest absolute Gasteiger partial charge is 0.497 e. The Hall–Kier alpha value is -1.96. The summed E-state index contributed by atoms with van der Waals surface area (Å²) < 4.78 is 7.58. The minimum Gasteiger partial charge on any atom is -0.497 e. The second-order valence-corrected chi connectivity index (χ2v) is 5.58. The lowest BCUT2D eigenvalue weighted by molar-refractivity contribution is 0.345. The van der Waals surface area contributed by atoms with Crippen LogP contribution in [0.2, 0.25) is 0 Å². The van der Waals surface area contributed by atoms with E-state index in [2.05, 4.69) is 61.0 Å². The lowest BCUT2D eigenvalue weighted by Gasteiger charge is -2.20. The predicted octanol–water partition coefficient (Wildman–Crippen LogP) is 3.56. The molecule has 0 aliphatic rings. The maximum atomic E-state index is 5.31. The van der Waals surface area contributed by atoms with Gasteiger partial charge in [-0.15, -0.1) is 5.73 Å². The fourth-order valence-electron chi connectivity index (χ4n) is 2.80. The quantitative estimate of drug-likeness (QED) is 0.755. The van der Waals surface area contributed by atoms with Crippen molar-refractivity contribution in [1.82, 2.24) is 9.47 Å². The normalized spacial score (nSPS) is 12.4. The van der Waals surface area contributed by atoms with Crippen molar-refractivity contribution in [2.24, 2.45) is 7.05 Å². The van der Waals surface area contributed by atoms with Crippen LogP contribution in [0.3, 0.4) is 0 Å². The second-order valence-electron chi connectivity index (χ2n) is 5.58. The van der Waals surface area contributed by atoms with Gasteiger partial charge in [0, 0.05) is 42.7 Å². The molecule has 3 nitrogen and oxygen atoms in total. The molecule has 0 bridgehead atoms. The monoisotopic (exact) mass is 284 g/mol. The summed E-state index contributed by atoms with van der Waals surface area (Å²) in [5.41, 5.74) is 5.40. The lowest BCUT2D eigenvalue weighted by atomic mass is 10.1. The molecule has 0 spiro atoms. The van der Waals surface area contributed by atoms with E-state index in [4.69, 9.17) is 4.74 Å². The van der Waals surface area contributed by atoms with Gasteiger partial charge in [0.2, 0.25) is 0 Å². The molecular formula is C18H24N2O. The van der Waals surface area contributed by atoms with Crippen molar-refractivity contribution in [2.45, 2.75) is 12.8 Å². The summed E-state index contributed by atoms with van der Waals surface area (Å²) in [6.07, 6.45) is 1.96. The molecule has 0 N–H and O–H groups in total.